The summed E-state index contributed by atoms with van der Waals surface area (Å²) in [5, 5.41) is 0. The molecule has 0 N–H and O–H groups in total. The molecular weight excluding hydrogens is 161 g/mol. The molecule has 0 saturated heterocycles. The van der Waals surface area contributed by atoms with Gasteiger partial charge in [-0.25, -0.2) is 0 Å². The molecule has 0 aromatic rings. The molecular formula is C6H13Y-. The smallest absolute Gasteiger partial charge is 0 e. The minimum absolute atomic E-state index is 0. The summed E-state index contributed by atoms with van der Waals surface area (Å²) in [5.74, 6) is 0.836. The number of hydrogen-bond donors (Lipinski definition) is 0. The predicted octanol–water partition coefficient (Wildman–Crippen LogP) is 2.25. The van der Waals surface area contributed by atoms with E-state index in [9.17, 15) is 0 Å². The fourth-order valence-electron chi connectivity index (χ4n) is 0.408. The van der Waals surface area contributed by atoms with Gasteiger partial charge >= 0.3 is 0 Å². The predicted molar refractivity (Wildman–Crippen MR) is 29.4 cm³/mol. The minimum Gasteiger partial charge on any atom is -0.343 e. The Morgan fingerprint density at radius 2 is 1.86 bits per heavy atom. The van der Waals surface area contributed by atoms with Crippen molar-refractivity contribution in [3.05, 3.63) is 6.92 Å². The maximum atomic E-state index is 3.73. The second kappa shape index (κ2) is 7.10. The normalized spacial score (nSPS) is 8.57. The van der Waals surface area contributed by atoms with E-state index in [-0.39, 0.29) is 32.7 Å². The molecule has 0 aliphatic carbocycles. The van der Waals surface area contributed by atoms with Crippen LogP contribution in [0.25, 0.3) is 0 Å². The van der Waals surface area contributed by atoms with Crippen molar-refractivity contribution >= 4 is 0 Å². The Labute approximate surface area is 71.9 Å². The van der Waals surface area contributed by atoms with Crippen molar-refractivity contribution < 1.29 is 32.7 Å². The van der Waals surface area contributed by atoms with E-state index >= 15 is 0 Å². The summed E-state index contributed by atoms with van der Waals surface area (Å²) in [4.78, 5) is 0. The molecule has 0 aromatic carbocycles. The zero-order valence-electron chi connectivity index (χ0n) is 5.28. The topological polar surface area (TPSA) is 0 Å². The van der Waals surface area contributed by atoms with Crippen molar-refractivity contribution in [1.82, 2.24) is 0 Å². The van der Waals surface area contributed by atoms with E-state index in [2.05, 4.69) is 20.8 Å². The van der Waals surface area contributed by atoms with E-state index in [0.29, 0.717) is 0 Å². The van der Waals surface area contributed by atoms with Gasteiger partial charge in [-0.05, 0) is 5.92 Å². The van der Waals surface area contributed by atoms with Crippen LogP contribution in [0.4, 0.5) is 0 Å². The van der Waals surface area contributed by atoms with Crippen LogP contribution in [0.3, 0.4) is 0 Å². The molecule has 0 atom stereocenters. The van der Waals surface area contributed by atoms with E-state index in [4.69, 9.17) is 0 Å². The summed E-state index contributed by atoms with van der Waals surface area (Å²) in [7, 11) is 0. The van der Waals surface area contributed by atoms with Crippen molar-refractivity contribution in [2.45, 2.75) is 26.7 Å². The average Bonchev–Trinajstić information content (AvgIpc) is 1.35. The monoisotopic (exact) mass is 174 g/mol. The molecule has 0 amide bonds. The van der Waals surface area contributed by atoms with E-state index in [1.807, 2.05) is 0 Å². The molecule has 7 heavy (non-hydrogen) atoms. The zero-order valence-corrected chi connectivity index (χ0v) is 8.11. The van der Waals surface area contributed by atoms with Crippen molar-refractivity contribution in [3.63, 3.8) is 0 Å². The van der Waals surface area contributed by atoms with E-state index in [0.717, 1.165) is 12.3 Å². The van der Waals surface area contributed by atoms with E-state index in [1.165, 1.54) is 6.42 Å². The molecule has 0 bridgehead atoms. The van der Waals surface area contributed by atoms with Gasteiger partial charge in [0.1, 0.15) is 0 Å². The van der Waals surface area contributed by atoms with Gasteiger partial charge in [0.2, 0.25) is 0 Å². The molecule has 0 unspecified atom stereocenters. The Bertz CT molecular complexity index is 25.4. The molecule has 0 aromatic heterocycles. The largest absolute Gasteiger partial charge is 0.343 e. The molecule has 0 spiro atoms. The van der Waals surface area contributed by atoms with Crippen LogP contribution in [-0.2, 0) is 32.7 Å². The first-order valence-corrected chi connectivity index (χ1v) is 2.56. The van der Waals surface area contributed by atoms with Crippen molar-refractivity contribution in [2.75, 3.05) is 0 Å². The summed E-state index contributed by atoms with van der Waals surface area (Å²) in [6, 6.07) is 0. The van der Waals surface area contributed by atoms with Crippen LogP contribution in [0.15, 0.2) is 0 Å². The first-order chi connectivity index (χ1) is 2.77. The maximum Gasteiger partial charge on any atom is 0 e. The molecule has 0 aliphatic rings. The van der Waals surface area contributed by atoms with Crippen LogP contribution in [0.2, 0.25) is 0 Å². The fourth-order valence-corrected chi connectivity index (χ4v) is 0.408. The Balaban J connectivity index is 0. The number of hydrogen-bond acceptors (Lipinski definition) is 0. The molecule has 0 saturated carbocycles. The summed E-state index contributed by atoms with van der Waals surface area (Å²) in [5.41, 5.74) is 0. The molecule has 0 heterocycles. The fraction of sp³-hybridized carbons (Fsp3) is 0.833. The van der Waals surface area contributed by atoms with Crippen LogP contribution < -0.4 is 0 Å². The van der Waals surface area contributed by atoms with Gasteiger partial charge in [-0.2, -0.15) is 6.42 Å². The Kier molecular flexibility index (Phi) is 11.1. The Morgan fingerprint density at radius 3 is 1.86 bits per heavy atom. The van der Waals surface area contributed by atoms with Gasteiger partial charge in [0, 0.05) is 32.7 Å². The Morgan fingerprint density at radius 1 is 1.43 bits per heavy atom. The molecule has 1 heteroatoms. The maximum absolute atomic E-state index is 3.73. The van der Waals surface area contributed by atoms with Crippen molar-refractivity contribution in [1.29, 1.82) is 0 Å². The first kappa shape index (κ1) is 11.0. The van der Waals surface area contributed by atoms with Gasteiger partial charge < -0.3 is 6.92 Å². The molecule has 41 valence electrons. The third-order valence-electron chi connectivity index (χ3n) is 0.781. The van der Waals surface area contributed by atoms with Crippen LogP contribution in [0, 0.1) is 12.8 Å². The quantitative estimate of drug-likeness (QED) is 0.563. The van der Waals surface area contributed by atoms with Gasteiger partial charge in [-0.1, -0.05) is 20.3 Å². The van der Waals surface area contributed by atoms with Gasteiger partial charge in [-0.15, -0.1) is 0 Å². The van der Waals surface area contributed by atoms with E-state index in [1.54, 1.807) is 0 Å². The molecule has 0 aliphatic heterocycles. The molecule has 0 nitrogen and oxygen atoms in total. The molecule has 0 rings (SSSR count). The third-order valence-corrected chi connectivity index (χ3v) is 0.781. The SMILES string of the molecule is [CH2-]CCC(C)C.[Y]. The first-order valence-electron chi connectivity index (χ1n) is 2.56. The second-order valence-corrected chi connectivity index (χ2v) is 2.04. The summed E-state index contributed by atoms with van der Waals surface area (Å²) in [6.45, 7) is 8.15. The van der Waals surface area contributed by atoms with E-state index < -0.39 is 0 Å². The molecule has 1 radical (unpaired) electrons. The summed E-state index contributed by atoms with van der Waals surface area (Å²) in [6.07, 6.45) is 2.34. The average molecular weight is 174 g/mol. The number of rotatable bonds is 2. The van der Waals surface area contributed by atoms with Gasteiger partial charge in [0.25, 0.3) is 0 Å². The van der Waals surface area contributed by atoms with Crippen LogP contribution in [0.1, 0.15) is 26.7 Å². The van der Waals surface area contributed by atoms with Crippen molar-refractivity contribution in [2.24, 2.45) is 5.92 Å². The Hall–Kier alpha value is 1.10. The summed E-state index contributed by atoms with van der Waals surface area (Å²) >= 11 is 0. The van der Waals surface area contributed by atoms with Gasteiger partial charge in [0.15, 0.2) is 0 Å². The van der Waals surface area contributed by atoms with Gasteiger partial charge in [-0.3, -0.25) is 0 Å². The standard InChI is InChI=1S/C6H13.Y/c1-4-5-6(2)3;/h6H,1,4-5H2,2-3H3;/q-1;. The zero-order chi connectivity index (χ0) is 4.99. The third kappa shape index (κ3) is 11.0. The van der Waals surface area contributed by atoms with Gasteiger partial charge in [0.05, 0.1) is 0 Å². The van der Waals surface area contributed by atoms with Crippen molar-refractivity contribution in [3.8, 4) is 0 Å². The van der Waals surface area contributed by atoms with Crippen LogP contribution >= 0.6 is 0 Å². The second-order valence-electron chi connectivity index (χ2n) is 2.04. The molecule has 0 fully saturated rings. The van der Waals surface area contributed by atoms with Crippen LogP contribution in [-0.4, -0.2) is 0 Å². The summed E-state index contributed by atoms with van der Waals surface area (Å²) < 4.78 is 0. The minimum atomic E-state index is 0. The van der Waals surface area contributed by atoms with Crippen LogP contribution in [0.5, 0.6) is 0 Å².